The zero-order valence-corrected chi connectivity index (χ0v) is 12.4. The van der Waals surface area contributed by atoms with E-state index in [0.29, 0.717) is 6.10 Å². The van der Waals surface area contributed by atoms with Crippen LogP contribution in [-0.4, -0.2) is 30.8 Å². The Morgan fingerprint density at radius 2 is 2.32 bits per heavy atom. The minimum Gasteiger partial charge on any atom is -0.376 e. The summed E-state index contributed by atoms with van der Waals surface area (Å²) in [5.41, 5.74) is 7.32. The van der Waals surface area contributed by atoms with Crippen molar-refractivity contribution in [3.05, 3.63) is 10.6 Å². The van der Waals surface area contributed by atoms with E-state index in [1.54, 1.807) is 0 Å². The SMILES string of the molecule is CCN(CC1CCCO1)c1nc2c(s1)CCCC2N. The minimum absolute atomic E-state index is 0.148. The van der Waals surface area contributed by atoms with Crippen LogP contribution in [0.4, 0.5) is 5.13 Å². The smallest absolute Gasteiger partial charge is 0.185 e. The molecule has 2 unspecified atom stereocenters. The van der Waals surface area contributed by atoms with Gasteiger partial charge in [-0.15, -0.1) is 11.3 Å². The number of thiazole rings is 1. The molecule has 3 rings (SSSR count). The van der Waals surface area contributed by atoms with Gasteiger partial charge in [-0.3, -0.25) is 0 Å². The molecule has 2 N–H and O–H groups in total. The Hall–Kier alpha value is -0.650. The molecule has 0 bridgehead atoms. The van der Waals surface area contributed by atoms with Gasteiger partial charge in [0.05, 0.1) is 11.8 Å². The second-order valence-electron chi connectivity index (χ2n) is 5.48. The van der Waals surface area contributed by atoms with Gasteiger partial charge in [0.15, 0.2) is 5.13 Å². The molecule has 1 aliphatic carbocycles. The highest BCUT2D eigenvalue weighted by molar-refractivity contribution is 7.15. The fourth-order valence-electron chi connectivity index (χ4n) is 2.95. The van der Waals surface area contributed by atoms with Crippen molar-refractivity contribution in [2.24, 2.45) is 5.73 Å². The van der Waals surface area contributed by atoms with Crippen molar-refractivity contribution in [3.8, 4) is 0 Å². The molecule has 0 amide bonds. The molecule has 1 aliphatic heterocycles. The standard InChI is InChI=1S/C14H23N3OS/c1-2-17(9-10-5-4-8-18-10)14-16-13-11(15)6-3-7-12(13)19-14/h10-11H,2-9,15H2,1H3. The molecule has 2 heterocycles. The third-order valence-corrected chi connectivity index (χ3v) is 5.28. The van der Waals surface area contributed by atoms with Crippen LogP contribution >= 0.6 is 11.3 Å². The summed E-state index contributed by atoms with van der Waals surface area (Å²) in [4.78, 5) is 8.56. The van der Waals surface area contributed by atoms with E-state index in [2.05, 4.69) is 11.8 Å². The molecule has 2 aliphatic rings. The molecule has 1 aromatic rings. The van der Waals surface area contributed by atoms with Crippen LogP contribution in [0.25, 0.3) is 0 Å². The Labute approximate surface area is 119 Å². The molecular formula is C14H23N3OS. The van der Waals surface area contributed by atoms with Gasteiger partial charge < -0.3 is 15.4 Å². The fraction of sp³-hybridized carbons (Fsp3) is 0.786. The summed E-state index contributed by atoms with van der Waals surface area (Å²) in [6.45, 7) is 5.07. The van der Waals surface area contributed by atoms with Crippen LogP contribution in [0.3, 0.4) is 0 Å². The van der Waals surface area contributed by atoms with Crippen LogP contribution < -0.4 is 10.6 Å². The van der Waals surface area contributed by atoms with Gasteiger partial charge in [-0.05, 0) is 39.0 Å². The molecule has 0 spiro atoms. The lowest BCUT2D eigenvalue weighted by Crippen LogP contribution is -2.32. The quantitative estimate of drug-likeness (QED) is 0.921. The zero-order valence-electron chi connectivity index (χ0n) is 11.6. The summed E-state index contributed by atoms with van der Waals surface area (Å²) in [6.07, 6.45) is 6.19. The Morgan fingerprint density at radius 3 is 3.00 bits per heavy atom. The van der Waals surface area contributed by atoms with E-state index in [9.17, 15) is 0 Å². The van der Waals surface area contributed by atoms with E-state index in [-0.39, 0.29) is 6.04 Å². The number of anilines is 1. The molecular weight excluding hydrogens is 258 g/mol. The number of nitrogens with zero attached hydrogens (tertiary/aromatic N) is 2. The lowest BCUT2D eigenvalue weighted by atomic mass is 9.99. The topological polar surface area (TPSA) is 51.4 Å². The number of hydrogen-bond donors (Lipinski definition) is 1. The Morgan fingerprint density at radius 1 is 1.42 bits per heavy atom. The van der Waals surface area contributed by atoms with Gasteiger partial charge in [-0.1, -0.05) is 0 Å². The first-order valence-corrected chi connectivity index (χ1v) is 8.21. The molecule has 106 valence electrons. The number of aromatic nitrogens is 1. The first-order chi connectivity index (χ1) is 9.28. The molecule has 5 heteroatoms. The molecule has 1 aromatic heterocycles. The van der Waals surface area contributed by atoms with Crippen molar-refractivity contribution in [3.63, 3.8) is 0 Å². The van der Waals surface area contributed by atoms with E-state index < -0.39 is 0 Å². The number of hydrogen-bond acceptors (Lipinski definition) is 5. The van der Waals surface area contributed by atoms with Gasteiger partial charge >= 0.3 is 0 Å². The summed E-state index contributed by atoms with van der Waals surface area (Å²) in [5.74, 6) is 0. The maximum atomic E-state index is 6.17. The maximum absolute atomic E-state index is 6.17. The Bertz CT molecular complexity index is 428. The van der Waals surface area contributed by atoms with E-state index >= 15 is 0 Å². The van der Waals surface area contributed by atoms with E-state index in [1.165, 1.54) is 24.1 Å². The molecule has 0 aromatic carbocycles. The first-order valence-electron chi connectivity index (χ1n) is 7.39. The molecule has 0 saturated carbocycles. The van der Waals surface area contributed by atoms with Gasteiger partial charge in [0, 0.05) is 30.6 Å². The Kier molecular flexibility index (Phi) is 4.05. The highest BCUT2D eigenvalue weighted by Gasteiger charge is 2.25. The third kappa shape index (κ3) is 2.78. The normalized spacial score (nSPS) is 26.4. The van der Waals surface area contributed by atoms with Crippen molar-refractivity contribution >= 4 is 16.5 Å². The third-order valence-electron chi connectivity index (χ3n) is 4.09. The molecule has 0 radical (unpaired) electrons. The number of aryl methyl sites for hydroxylation is 1. The van der Waals surface area contributed by atoms with Crippen molar-refractivity contribution in [1.29, 1.82) is 0 Å². The van der Waals surface area contributed by atoms with Crippen LogP contribution in [0.15, 0.2) is 0 Å². The van der Waals surface area contributed by atoms with Crippen molar-refractivity contribution in [2.75, 3.05) is 24.6 Å². The van der Waals surface area contributed by atoms with Gasteiger partial charge in [0.25, 0.3) is 0 Å². The molecule has 1 saturated heterocycles. The monoisotopic (exact) mass is 281 g/mol. The lowest BCUT2D eigenvalue weighted by molar-refractivity contribution is 0.115. The number of fused-ring (bicyclic) bond motifs is 1. The first kappa shape index (κ1) is 13.3. The maximum Gasteiger partial charge on any atom is 0.185 e. The number of rotatable bonds is 4. The fourth-order valence-corrected chi connectivity index (χ4v) is 4.20. The van der Waals surface area contributed by atoms with Crippen molar-refractivity contribution < 1.29 is 4.74 Å². The molecule has 2 atom stereocenters. The van der Waals surface area contributed by atoms with Gasteiger partial charge in [0.2, 0.25) is 0 Å². The summed E-state index contributed by atoms with van der Waals surface area (Å²) < 4.78 is 5.74. The van der Waals surface area contributed by atoms with Gasteiger partial charge in [-0.25, -0.2) is 4.98 Å². The number of likely N-dealkylation sites (N-methyl/N-ethyl adjacent to an activating group) is 1. The number of nitrogens with two attached hydrogens (primary N) is 1. The predicted molar refractivity (Wildman–Crippen MR) is 78.8 cm³/mol. The van der Waals surface area contributed by atoms with E-state index in [0.717, 1.165) is 43.4 Å². The highest BCUT2D eigenvalue weighted by atomic mass is 32.1. The second kappa shape index (κ2) is 5.77. The van der Waals surface area contributed by atoms with Crippen LogP contribution in [0.1, 0.15) is 49.2 Å². The average molecular weight is 281 g/mol. The zero-order chi connectivity index (χ0) is 13.2. The Balaban J connectivity index is 1.75. The summed E-state index contributed by atoms with van der Waals surface area (Å²) in [6, 6.07) is 0.148. The van der Waals surface area contributed by atoms with Crippen LogP contribution in [-0.2, 0) is 11.2 Å². The van der Waals surface area contributed by atoms with Crippen LogP contribution in [0, 0.1) is 0 Å². The molecule has 1 fully saturated rings. The minimum atomic E-state index is 0.148. The van der Waals surface area contributed by atoms with Crippen LogP contribution in [0.5, 0.6) is 0 Å². The largest absolute Gasteiger partial charge is 0.376 e. The molecule has 19 heavy (non-hydrogen) atoms. The van der Waals surface area contributed by atoms with E-state index in [4.69, 9.17) is 15.5 Å². The van der Waals surface area contributed by atoms with Crippen LogP contribution in [0.2, 0.25) is 0 Å². The summed E-state index contributed by atoms with van der Waals surface area (Å²) in [5, 5.41) is 1.14. The predicted octanol–water partition coefficient (Wildman–Crippen LogP) is 2.48. The van der Waals surface area contributed by atoms with Gasteiger partial charge in [-0.2, -0.15) is 0 Å². The summed E-state index contributed by atoms with van der Waals surface area (Å²) >= 11 is 1.83. The van der Waals surface area contributed by atoms with Crippen molar-refractivity contribution in [1.82, 2.24) is 4.98 Å². The second-order valence-corrected chi connectivity index (χ2v) is 6.54. The molecule has 4 nitrogen and oxygen atoms in total. The van der Waals surface area contributed by atoms with Crippen molar-refractivity contribution in [2.45, 2.75) is 51.2 Å². The highest BCUT2D eigenvalue weighted by Crippen LogP contribution is 2.35. The van der Waals surface area contributed by atoms with Gasteiger partial charge in [0.1, 0.15) is 0 Å². The summed E-state index contributed by atoms with van der Waals surface area (Å²) in [7, 11) is 0. The average Bonchev–Trinajstić information content (AvgIpc) is 3.05. The number of ether oxygens (including phenoxy) is 1. The van der Waals surface area contributed by atoms with E-state index in [1.807, 2.05) is 11.3 Å². The lowest BCUT2D eigenvalue weighted by Gasteiger charge is -2.23.